The van der Waals surface area contributed by atoms with Gasteiger partial charge in [0.25, 0.3) is 0 Å². The largest absolute Gasteiger partial charge is 0.351 e. The molecule has 1 aromatic heterocycles. The van der Waals surface area contributed by atoms with Crippen LogP contribution in [0.2, 0.25) is 5.02 Å². The molecule has 2 aromatic rings. The van der Waals surface area contributed by atoms with Gasteiger partial charge >= 0.3 is 0 Å². The molecule has 0 bridgehead atoms. The molecule has 0 saturated heterocycles. The van der Waals surface area contributed by atoms with Gasteiger partial charge in [-0.15, -0.1) is 5.92 Å². The lowest BCUT2D eigenvalue weighted by Gasteiger charge is -2.10. The number of anilines is 1. The minimum absolute atomic E-state index is 0.295. The number of benzene rings is 1. The summed E-state index contributed by atoms with van der Waals surface area (Å²) in [5, 5.41) is 4.11. The van der Waals surface area contributed by atoms with Crippen LogP contribution in [0.5, 0.6) is 0 Å². The van der Waals surface area contributed by atoms with Crippen LogP contribution < -0.4 is 5.32 Å². The number of nitrogens with one attached hydrogen (secondary N) is 1. The van der Waals surface area contributed by atoms with E-state index in [1.165, 1.54) is 11.1 Å². The van der Waals surface area contributed by atoms with Gasteiger partial charge in [0.2, 0.25) is 5.95 Å². The van der Waals surface area contributed by atoms with Crippen LogP contribution in [-0.4, -0.2) is 16.0 Å². The number of aromatic nitrogens is 2. The first-order valence-electron chi connectivity index (χ1n) is 6.54. The van der Waals surface area contributed by atoms with E-state index in [4.69, 9.17) is 11.6 Å². The van der Waals surface area contributed by atoms with Crippen LogP contribution in [0, 0.1) is 11.8 Å². The Labute approximate surface area is 123 Å². The maximum atomic E-state index is 6.16. The van der Waals surface area contributed by atoms with E-state index in [9.17, 15) is 0 Å². The van der Waals surface area contributed by atoms with Crippen LogP contribution in [0.4, 0.5) is 5.95 Å². The van der Waals surface area contributed by atoms with Gasteiger partial charge in [0, 0.05) is 29.0 Å². The average molecular weight is 284 g/mol. The van der Waals surface area contributed by atoms with Gasteiger partial charge in [-0.1, -0.05) is 17.5 Å². The standard InChI is InChI=1S/C16H14ClN3/c1-2-4-11-7-13(17)8-12-9-14(10-15(11)12)20-16-18-5-3-6-19-16/h3,5-8,14H,9-10H2,1H3,(H,18,19,20). The summed E-state index contributed by atoms with van der Waals surface area (Å²) < 4.78 is 0. The molecule has 3 rings (SSSR count). The van der Waals surface area contributed by atoms with Crippen molar-refractivity contribution in [2.45, 2.75) is 25.8 Å². The van der Waals surface area contributed by atoms with Gasteiger partial charge in [0.1, 0.15) is 0 Å². The first-order valence-corrected chi connectivity index (χ1v) is 6.91. The van der Waals surface area contributed by atoms with Crippen LogP contribution in [0.1, 0.15) is 23.6 Å². The number of fused-ring (bicyclic) bond motifs is 1. The second-order valence-corrected chi connectivity index (χ2v) is 5.22. The molecule has 0 amide bonds. The summed E-state index contributed by atoms with van der Waals surface area (Å²) in [6, 6.07) is 6.08. The molecule has 4 heteroatoms. The fraction of sp³-hybridized carbons (Fsp3) is 0.250. The highest BCUT2D eigenvalue weighted by molar-refractivity contribution is 6.30. The second kappa shape index (κ2) is 5.52. The van der Waals surface area contributed by atoms with E-state index in [0.29, 0.717) is 12.0 Å². The predicted octanol–water partition coefficient (Wildman–Crippen LogP) is 3.08. The minimum Gasteiger partial charge on any atom is -0.351 e. The van der Waals surface area contributed by atoms with Crippen LogP contribution in [0.25, 0.3) is 0 Å². The highest BCUT2D eigenvalue weighted by atomic mass is 35.5. The third-order valence-electron chi connectivity index (χ3n) is 3.38. The Bertz CT molecular complexity index is 686. The first kappa shape index (κ1) is 13.0. The van der Waals surface area contributed by atoms with Crippen LogP contribution in [0.15, 0.2) is 30.6 Å². The Morgan fingerprint density at radius 3 is 2.80 bits per heavy atom. The van der Waals surface area contributed by atoms with Crippen LogP contribution in [-0.2, 0) is 12.8 Å². The van der Waals surface area contributed by atoms with Gasteiger partial charge < -0.3 is 5.32 Å². The van der Waals surface area contributed by atoms with Gasteiger partial charge in [-0.25, -0.2) is 9.97 Å². The van der Waals surface area contributed by atoms with Gasteiger partial charge in [0.15, 0.2) is 0 Å². The van der Waals surface area contributed by atoms with E-state index < -0.39 is 0 Å². The van der Waals surface area contributed by atoms with Crippen molar-refractivity contribution in [3.05, 3.63) is 52.3 Å². The van der Waals surface area contributed by atoms with Crippen molar-refractivity contribution in [3.63, 3.8) is 0 Å². The van der Waals surface area contributed by atoms with E-state index in [1.807, 2.05) is 25.1 Å². The third kappa shape index (κ3) is 2.61. The van der Waals surface area contributed by atoms with E-state index in [0.717, 1.165) is 23.4 Å². The highest BCUT2D eigenvalue weighted by Gasteiger charge is 2.24. The molecule has 1 heterocycles. The van der Waals surface area contributed by atoms with Gasteiger partial charge in [0.05, 0.1) is 0 Å². The zero-order valence-electron chi connectivity index (χ0n) is 11.2. The van der Waals surface area contributed by atoms with Gasteiger partial charge in [-0.05, 0) is 49.1 Å². The minimum atomic E-state index is 0.295. The van der Waals surface area contributed by atoms with E-state index in [1.54, 1.807) is 12.4 Å². The second-order valence-electron chi connectivity index (χ2n) is 4.79. The molecule has 0 saturated carbocycles. The zero-order valence-corrected chi connectivity index (χ0v) is 11.9. The normalized spacial score (nSPS) is 16.2. The van der Waals surface area contributed by atoms with Crippen molar-refractivity contribution >= 4 is 17.5 Å². The van der Waals surface area contributed by atoms with Crippen LogP contribution in [0.3, 0.4) is 0 Å². The fourth-order valence-electron chi connectivity index (χ4n) is 2.60. The Kier molecular flexibility index (Phi) is 3.58. The SMILES string of the molecule is CC#Cc1cc(Cl)cc2c1CC(Nc1ncccn1)C2. The van der Waals surface area contributed by atoms with Gasteiger partial charge in [-0.2, -0.15) is 0 Å². The summed E-state index contributed by atoms with van der Waals surface area (Å²) in [6.45, 7) is 1.84. The average Bonchev–Trinajstić information content (AvgIpc) is 2.82. The fourth-order valence-corrected chi connectivity index (χ4v) is 2.85. The quantitative estimate of drug-likeness (QED) is 0.861. The number of hydrogen-bond acceptors (Lipinski definition) is 3. The van der Waals surface area contributed by atoms with E-state index in [2.05, 4.69) is 27.1 Å². The molecule has 1 aliphatic carbocycles. The molecule has 1 N–H and O–H groups in total. The Balaban J connectivity index is 1.84. The molecule has 0 aliphatic heterocycles. The highest BCUT2D eigenvalue weighted by Crippen LogP contribution is 2.29. The Morgan fingerprint density at radius 2 is 2.05 bits per heavy atom. The lowest BCUT2D eigenvalue weighted by molar-refractivity contribution is 0.761. The van der Waals surface area contributed by atoms with Crippen molar-refractivity contribution < 1.29 is 0 Å². The smallest absolute Gasteiger partial charge is 0.222 e. The Morgan fingerprint density at radius 1 is 1.25 bits per heavy atom. The summed E-state index contributed by atoms with van der Waals surface area (Å²) in [7, 11) is 0. The molecule has 20 heavy (non-hydrogen) atoms. The number of halogens is 1. The van der Waals surface area contributed by atoms with Crippen LogP contribution >= 0.6 is 11.6 Å². The van der Waals surface area contributed by atoms with Crippen molar-refractivity contribution in [2.24, 2.45) is 0 Å². The summed E-state index contributed by atoms with van der Waals surface area (Å²) in [6.07, 6.45) is 5.33. The molecular weight excluding hydrogens is 270 g/mol. The molecule has 1 aliphatic rings. The maximum Gasteiger partial charge on any atom is 0.222 e. The molecule has 1 aromatic carbocycles. The molecule has 1 atom stereocenters. The number of hydrogen-bond donors (Lipinski definition) is 1. The third-order valence-corrected chi connectivity index (χ3v) is 3.60. The van der Waals surface area contributed by atoms with Crippen molar-refractivity contribution in [3.8, 4) is 11.8 Å². The topological polar surface area (TPSA) is 37.8 Å². The lowest BCUT2D eigenvalue weighted by Crippen LogP contribution is -2.20. The van der Waals surface area contributed by atoms with E-state index >= 15 is 0 Å². The predicted molar refractivity (Wildman–Crippen MR) is 80.9 cm³/mol. The molecule has 0 fully saturated rings. The summed E-state index contributed by atoms with van der Waals surface area (Å²) in [5.41, 5.74) is 3.59. The van der Waals surface area contributed by atoms with Gasteiger partial charge in [-0.3, -0.25) is 0 Å². The zero-order chi connectivity index (χ0) is 13.9. The monoisotopic (exact) mass is 283 g/mol. The van der Waals surface area contributed by atoms with Crippen molar-refractivity contribution in [1.29, 1.82) is 0 Å². The number of rotatable bonds is 2. The molecule has 100 valence electrons. The first-order chi connectivity index (χ1) is 9.76. The molecular formula is C16H14ClN3. The molecule has 0 spiro atoms. The van der Waals surface area contributed by atoms with Crippen molar-refractivity contribution in [2.75, 3.05) is 5.32 Å². The Hall–Kier alpha value is -2.05. The molecule has 3 nitrogen and oxygen atoms in total. The summed E-state index contributed by atoms with van der Waals surface area (Å²) in [5.74, 6) is 6.76. The maximum absolute atomic E-state index is 6.16. The lowest BCUT2D eigenvalue weighted by atomic mass is 10.0. The summed E-state index contributed by atoms with van der Waals surface area (Å²) >= 11 is 6.16. The van der Waals surface area contributed by atoms with Crippen molar-refractivity contribution in [1.82, 2.24) is 9.97 Å². The summed E-state index contributed by atoms with van der Waals surface area (Å²) in [4.78, 5) is 8.41. The van der Waals surface area contributed by atoms with E-state index in [-0.39, 0.29) is 0 Å². The number of nitrogens with zero attached hydrogens (tertiary/aromatic N) is 2. The molecule has 0 radical (unpaired) electrons. The molecule has 1 unspecified atom stereocenters.